The van der Waals surface area contributed by atoms with Gasteiger partial charge in [-0.15, -0.1) is 0 Å². The Balaban J connectivity index is 1.01. The number of hydrogen-bond acceptors (Lipinski definition) is 9. The van der Waals surface area contributed by atoms with Gasteiger partial charge in [0.1, 0.15) is 25.4 Å². The van der Waals surface area contributed by atoms with E-state index in [1.807, 2.05) is 0 Å². The molecule has 8 bridgehead atoms. The highest BCUT2D eigenvalue weighted by Gasteiger charge is 2.62. The van der Waals surface area contributed by atoms with Crippen molar-refractivity contribution >= 4 is 28.0 Å². The molecule has 0 amide bonds. The normalized spacial score (nSPS) is 42.0. The molecule has 0 aromatic heterocycles. The largest absolute Gasteiger partial charge is 0.465 e. The quantitative estimate of drug-likeness (QED) is 0.233. The van der Waals surface area contributed by atoms with Crippen LogP contribution in [0.3, 0.4) is 0 Å². The lowest BCUT2D eigenvalue weighted by Gasteiger charge is -2.57. The van der Waals surface area contributed by atoms with Gasteiger partial charge < -0.3 is 19.3 Å². The molecule has 3 atom stereocenters. The second-order valence-corrected chi connectivity index (χ2v) is 15.1. The van der Waals surface area contributed by atoms with Gasteiger partial charge >= 0.3 is 33.3 Å². The van der Waals surface area contributed by atoms with E-state index in [4.69, 9.17) is 18.8 Å². The summed E-state index contributed by atoms with van der Waals surface area (Å²) in [7, 11) is -5.98. The summed E-state index contributed by atoms with van der Waals surface area (Å²) in [5.74, 6) is -2.18. The second kappa shape index (κ2) is 9.58. The number of esters is 3. The molecule has 2 N–H and O–H groups in total. The fourth-order valence-electron chi connectivity index (χ4n) is 9.78. The van der Waals surface area contributed by atoms with Gasteiger partial charge in [0.05, 0.1) is 10.8 Å². The van der Waals surface area contributed by atoms with Crippen LogP contribution in [0.25, 0.3) is 0 Å². The molecule has 0 heterocycles. The van der Waals surface area contributed by atoms with Crippen LogP contribution in [-0.4, -0.2) is 66.7 Å². The molecule has 8 rings (SSSR count). The van der Waals surface area contributed by atoms with E-state index < -0.39 is 62.2 Å². The van der Waals surface area contributed by atoms with Gasteiger partial charge in [-0.25, -0.2) is 4.79 Å². The maximum absolute atomic E-state index is 13.8. The first kappa shape index (κ1) is 28.3. The maximum atomic E-state index is 13.8. The minimum atomic E-state index is -5.98. The first-order valence-electron chi connectivity index (χ1n) is 14.3. The molecule has 13 heteroatoms. The van der Waals surface area contributed by atoms with E-state index in [9.17, 15) is 36.7 Å². The van der Waals surface area contributed by atoms with Gasteiger partial charge in [0, 0.05) is 0 Å². The number of rotatable bonds is 9. The molecule has 0 aromatic rings. The predicted octanol–water partition coefficient (Wildman–Crippen LogP) is 2.87. The molecular formula is C27H36F2O10S. The van der Waals surface area contributed by atoms with Crippen molar-refractivity contribution in [3.8, 4) is 0 Å². The van der Waals surface area contributed by atoms with Crippen molar-refractivity contribution in [2.45, 2.75) is 88.1 Å². The third kappa shape index (κ3) is 4.73. The molecule has 0 spiro atoms. The van der Waals surface area contributed by atoms with Gasteiger partial charge in [-0.05, 0) is 106 Å². The summed E-state index contributed by atoms with van der Waals surface area (Å²) in [4.78, 5) is 38.1. The summed E-state index contributed by atoms with van der Waals surface area (Å²) in [6, 6.07) is 0. The number of aliphatic hydroxyl groups is 1. The lowest BCUT2D eigenvalue weighted by molar-refractivity contribution is -0.204. The number of carbonyl (C=O) groups is 3. The standard InChI is InChI=1S/C27H36F2O10S/c28-27(29,40(34,35)36)24(33)39-21-18-4-17-5-19(21)11-26(9-17,10-18)23(32)38-13-20(30)12-37-22(31)25-6-14-1-15(7-25)3-16(2-14)8-25/h14-21,30H,1-13H2,(H,34,35,36). The van der Waals surface area contributed by atoms with Crippen LogP contribution in [0.2, 0.25) is 0 Å². The Bertz CT molecular complexity index is 1130. The number of aliphatic hydroxyl groups excluding tert-OH is 1. The fraction of sp³-hybridized carbons (Fsp3) is 0.889. The van der Waals surface area contributed by atoms with Gasteiger partial charge in [0.2, 0.25) is 0 Å². The molecule has 0 aromatic carbocycles. The van der Waals surface area contributed by atoms with Crippen LogP contribution in [0.1, 0.15) is 70.6 Å². The molecule has 8 aliphatic carbocycles. The maximum Gasteiger partial charge on any atom is 0.465 e. The average Bonchev–Trinajstić information content (AvgIpc) is 2.85. The first-order chi connectivity index (χ1) is 18.7. The van der Waals surface area contributed by atoms with E-state index in [1.165, 1.54) is 19.3 Å². The van der Waals surface area contributed by atoms with E-state index in [0.717, 1.165) is 19.3 Å². The molecule has 0 saturated heterocycles. The Labute approximate surface area is 231 Å². The van der Waals surface area contributed by atoms with Crippen molar-refractivity contribution in [1.82, 2.24) is 0 Å². The van der Waals surface area contributed by atoms with Gasteiger partial charge in [-0.1, -0.05) is 0 Å². The zero-order valence-corrected chi connectivity index (χ0v) is 23.0. The van der Waals surface area contributed by atoms with Crippen molar-refractivity contribution in [3.05, 3.63) is 0 Å². The Morgan fingerprint density at radius 3 is 1.60 bits per heavy atom. The molecule has 10 nitrogen and oxygen atoms in total. The summed E-state index contributed by atoms with van der Waals surface area (Å²) in [5, 5.41) is 5.37. The van der Waals surface area contributed by atoms with Crippen molar-refractivity contribution < 1.29 is 55.5 Å². The average molecular weight is 591 g/mol. The first-order valence-corrected chi connectivity index (χ1v) is 15.7. The van der Waals surface area contributed by atoms with Crippen LogP contribution in [0.5, 0.6) is 0 Å². The highest BCUT2D eigenvalue weighted by Crippen LogP contribution is 2.62. The molecule has 8 fully saturated rings. The molecule has 3 unspecified atom stereocenters. The summed E-state index contributed by atoms with van der Waals surface area (Å²) >= 11 is 0. The fourth-order valence-corrected chi connectivity index (χ4v) is 10.0. The van der Waals surface area contributed by atoms with Crippen LogP contribution in [-0.2, 0) is 38.7 Å². The SMILES string of the molecule is O=C(OCC(O)COC(=O)C12CC3CC(C1)C(OC(=O)C(F)(F)S(=O)(=O)O)C(C3)C2)C12CC3CC(CC(C3)C1)C2. The number of ether oxygens (including phenoxy) is 3. The van der Waals surface area contributed by atoms with Gasteiger partial charge in [-0.3, -0.25) is 14.1 Å². The van der Waals surface area contributed by atoms with Crippen LogP contribution >= 0.6 is 0 Å². The lowest BCUT2D eigenvalue weighted by Crippen LogP contribution is -2.58. The van der Waals surface area contributed by atoms with Crippen LogP contribution in [0, 0.1) is 46.3 Å². The minimum Gasteiger partial charge on any atom is -0.462 e. The summed E-state index contributed by atoms with van der Waals surface area (Å²) in [6.45, 7) is -0.623. The predicted molar refractivity (Wildman–Crippen MR) is 131 cm³/mol. The Morgan fingerprint density at radius 2 is 1.18 bits per heavy atom. The molecule has 8 saturated carbocycles. The molecular weight excluding hydrogens is 554 g/mol. The van der Waals surface area contributed by atoms with E-state index >= 15 is 0 Å². The van der Waals surface area contributed by atoms with Crippen molar-refractivity contribution in [2.75, 3.05) is 13.2 Å². The zero-order valence-electron chi connectivity index (χ0n) is 22.1. The lowest BCUT2D eigenvalue weighted by atomic mass is 9.48. The van der Waals surface area contributed by atoms with E-state index in [0.29, 0.717) is 37.0 Å². The smallest absolute Gasteiger partial charge is 0.462 e. The van der Waals surface area contributed by atoms with Crippen molar-refractivity contribution in [2.24, 2.45) is 46.3 Å². The molecule has 0 aliphatic heterocycles. The van der Waals surface area contributed by atoms with Gasteiger partial charge in [-0.2, -0.15) is 17.2 Å². The summed E-state index contributed by atoms with van der Waals surface area (Å²) in [6.07, 6.45) is 5.94. The van der Waals surface area contributed by atoms with Gasteiger partial charge in [0.15, 0.2) is 0 Å². The third-order valence-electron chi connectivity index (χ3n) is 10.7. The molecule has 40 heavy (non-hydrogen) atoms. The summed E-state index contributed by atoms with van der Waals surface area (Å²) < 4.78 is 74.0. The Morgan fingerprint density at radius 1 is 0.775 bits per heavy atom. The van der Waals surface area contributed by atoms with Crippen molar-refractivity contribution in [3.63, 3.8) is 0 Å². The van der Waals surface area contributed by atoms with Crippen LogP contribution < -0.4 is 0 Å². The molecule has 0 radical (unpaired) electrons. The topological polar surface area (TPSA) is 154 Å². The zero-order chi connectivity index (χ0) is 28.7. The molecule has 224 valence electrons. The van der Waals surface area contributed by atoms with Gasteiger partial charge in [0.25, 0.3) is 0 Å². The number of carbonyl (C=O) groups excluding carboxylic acids is 3. The number of hydrogen-bond donors (Lipinski definition) is 2. The number of alkyl halides is 2. The van der Waals surface area contributed by atoms with E-state index in [-0.39, 0.29) is 37.9 Å². The summed E-state index contributed by atoms with van der Waals surface area (Å²) in [5.41, 5.74) is -1.36. The minimum absolute atomic E-state index is 0.0910. The number of halogens is 2. The van der Waals surface area contributed by atoms with Crippen LogP contribution in [0.15, 0.2) is 0 Å². The monoisotopic (exact) mass is 590 g/mol. The highest BCUT2D eigenvalue weighted by atomic mass is 32.2. The van der Waals surface area contributed by atoms with Crippen molar-refractivity contribution in [1.29, 1.82) is 0 Å². The highest BCUT2D eigenvalue weighted by molar-refractivity contribution is 7.87. The van der Waals surface area contributed by atoms with E-state index in [1.54, 1.807) is 0 Å². The Hall–Kier alpha value is -1.86. The third-order valence-corrected chi connectivity index (χ3v) is 11.5. The Kier molecular flexibility index (Phi) is 6.77. The molecule has 8 aliphatic rings. The van der Waals surface area contributed by atoms with Crippen LogP contribution in [0.4, 0.5) is 8.78 Å². The van der Waals surface area contributed by atoms with E-state index in [2.05, 4.69) is 0 Å². The second-order valence-electron chi connectivity index (χ2n) is 13.7.